The molecular weight excluding hydrogens is 284 g/mol. The number of rotatable bonds is 1. The summed E-state index contributed by atoms with van der Waals surface area (Å²) >= 11 is 5.64. The number of fused-ring (bicyclic) bond motifs is 2. The molecule has 0 spiro atoms. The van der Waals surface area contributed by atoms with Crippen LogP contribution in [0.15, 0.2) is 10.7 Å². The number of ketones is 1. The first-order valence-electron chi connectivity index (χ1n) is 5.91. The molecule has 0 radical (unpaired) electrons. The lowest BCUT2D eigenvalue weighted by molar-refractivity contribution is -0.121. The minimum Gasteiger partial charge on any atom is -0.504 e. The number of Topliss-reactive ketones (excluding diaryl/α,β-unsaturated/α-hetero) is 1. The predicted molar refractivity (Wildman–Crippen MR) is 71.6 cm³/mol. The molecule has 7 nitrogen and oxygen atoms in total. The highest BCUT2D eigenvalue weighted by molar-refractivity contribution is 6.31. The Kier molecular flexibility index (Phi) is 2.68. The van der Waals surface area contributed by atoms with Gasteiger partial charge in [0.05, 0.1) is 5.88 Å². The van der Waals surface area contributed by atoms with Gasteiger partial charge < -0.3 is 15.0 Å². The molecule has 1 aromatic heterocycles. The van der Waals surface area contributed by atoms with Crippen LogP contribution in [0.1, 0.15) is 22.0 Å². The molecule has 3 rings (SSSR count). The van der Waals surface area contributed by atoms with Gasteiger partial charge in [-0.3, -0.25) is 9.59 Å². The number of amidine groups is 1. The molecule has 1 aliphatic heterocycles. The van der Waals surface area contributed by atoms with Gasteiger partial charge in [0.1, 0.15) is 34.7 Å². The highest BCUT2D eigenvalue weighted by atomic mass is 35.5. The van der Waals surface area contributed by atoms with Crippen LogP contribution in [-0.4, -0.2) is 38.1 Å². The Labute approximate surface area is 119 Å². The molecule has 0 saturated heterocycles. The maximum Gasteiger partial charge on any atom is 0.242 e. The van der Waals surface area contributed by atoms with Gasteiger partial charge in [0, 0.05) is 7.05 Å². The number of aliphatic hydroxyl groups excluding tert-OH is 1. The quantitative estimate of drug-likeness (QED) is 0.583. The summed E-state index contributed by atoms with van der Waals surface area (Å²) < 4.78 is 1.59. The van der Waals surface area contributed by atoms with E-state index in [9.17, 15) is 14.7 Å². The topological polar surface area (TPSA) is 96.6 Å². The molecule has 2 aliphatic rings. The smallest absolute Gasteiger partial charge is 0.242 e. The molecule has 1 aliphatic carbocycles. The lowest BCUT2D eigenvalue weighted by Crippen LogP contribution is -2.46. The van der Waals surface area contributed by atoms with Gasteiger partial charge in [0.2, 0.25) is 11.7 Å². The van der Waals surface area contributed by atoms with Gasteiger partial charge in [-0.05, 0) is 6.92 Å². The van der Waals surface area contributed by atoms with Gasteiger partial charge in [-0.25, -0.2) is 9.98 Å². The van der Waals surface area contributed by atoms with Crippen molar-refractivity contribution in [3.8, 4) is 0 Å². The predicted octanol–water partition coefficient (Wildman–Crippen LogP) is 0.535. The molecule has 1 aromatic rings. The largest absolute Gasteiger partial charge is 0.504 e. The third-order valence-electron chi connectivity index (χ3n) is 3.47. The highest BCUT2D eigenvalue weighted by Gasteiger charge is 2.44. The summed E-state index contributed by atoms with van der Waals surface area (Å²) in [6.45, 7) is 1.71. The molecule has 20 heavy (non-hydrogen) atoms. The van der Waals surface area contributed by atoms with Crippen LogP contribution in [0, 0.1) is 12.8 Å². The molecule has 1 unspecified atom stereocenters. The fourth-order valence-electron chi connectivity index (χ4n) is 2.38. The van der Waals surface area contributed by atoms with Crippen LogP contribution in [0.2, 0.25) is 0 Å². The van der Waals surface area contributed by atoms with Crippen molar-refractivity contribution >= 4 is 34.9 Å². The summed E-state index contributed by atoms with van der Waals surface area (Å²) in [6, 6.07) is 0. The number of hydrogen-bond acceptors (Lipinski definition) is 5. The summed E-state index contributed by atoms with van der Waals surface area (Å²) in [5, 5.41) is 12.8. The molecular formula is C12H11ClN4O3. The van der Waals surface area contributed by atoms with E-state index >= 15 is 0 Å². The van der Waals surface area contributed by atoms with Crippen LogP contribution in [0.5, 0.6) is 0 Å². The van der Waals surface area contributed by atoms with Crippen LogP contribution >= 0.6 is 11.6 Å². The first-order chi connectivity index (χ1) is 9.45. The van der Waals surface area contributed by atoms with Crippen LogP contribution in [0.25, 0.3) is 5.76 Å². The van der Waals surface area contributed by atoms with Gasteiger partial charge in [0.15, 0.2) is 5.76 Å². The van der Waals surface area contributed by atoms with Crippen LogP contribution < -0.4 is 5.32 Å². The van der Waals surface area contributed by atoms with E-state index in [4.69, 9.17) is 11.6 Å². The summed E-state index contributed by atoms with van der Waals surface area (Å²) in [6.07, 6.45) is 0. The molecule has 1 atom stereocenters. The van der Waals surface area contributed by atoms with E-state index in [1.54, 1.807) is 18.5 Å². The van der Waals surface area contributed by atoms with Crippen molar-refractivity contribution in [3.63, 3.8) is 0 Å². The third kappa shape index (κ3) is 1.53. The monoisotopic (exact) mass is 294 g/mol. The molecule has 1 amide bonds. The number of hydrogen-bond donors (Lipinski definition) is 2. The second-order valence-electron chi connectivity index (χ2n) is 4.63. The molecule has 104 valence electrons. The molecule has 0 aromatic carbocycles. The highest BCUT2D eigenvalue weighted by Crippen LogP contribution is 2.35. The summed E-state index contributed by atoms with van der Waals surface area (Å²) in [7, 11) is 1.68. The Hall–Kier alpha value is -2.15. The Morgan fingerprint density at radius 2 is 2.15 bits per heavy atom. The van der Waals surface area contributed by atoms with Crippen molar-refractivity contribution in [3.05, 3.63) is 22.9 Å². The number of aromatic nitrogens is 2. The number of nitrogens with zero attached hydrogens (tertiary/aromatic N) is 3. The number of aliphatic hydroxyl groups is 1. The van der Waals surface area contributed by atoms with Gasteiger partial charge in [0.25, 0.3) is 0 Å². The Morgan fingerprint density at radius 3 is 2.80 bits per heavy atom. The first kappa shape index (κ1) is 12.9. The number of carbonyl (C=O) groups excluding carboxylic acids is 2. The molecule has 2 heterocycles. The first-order valence-corrected chi connectivity index (χ1v) is 6.44. The van der Waals surface area contributed by atoms with E-state index in [0.29, 0.717) is 5.82 Å². The molecule has 0 bridgehead atoms. The fourth-order valence-corrected chi connectivity index (χ4v) is 2.51. The Balaban J connectivity index is 2.30. The number of aryl methyl sites for hydroxylation is 1. The van der Waals surface area contributed by atoms with Crippen molar-refractivity contribution in [2.75, 3.05) is 5.88 Å². The van der Waals surface area contributed by atoms with Crippen LogP contribution in [-0.2, 0) is 11.8 Å². The van der Waals surface area contributed by atoms with Gasteiger partial charge in [-0.1, -0.05) is 0 Å². The fraction of sp³-hybridized carbons (Fsp3) is 0.333. The van der Waals surface area contributed by atoms with Crippen molar-refractivity contribution in [2.45, 2.75) is 6.92 Å². The molecule has 0 fully saturated rings. The number of carbonyl (C=O) groups is 2. The number of alkyl halides is 1. The zero-order valence-electron chi connectivity index (χ0n) is 10.8. The summed E-state index contributed by atoms with van der Waals surface area (Å²) in [4.78, 5) is 32.6. The van der Waals surface area contributed by atoms with Crippen molar-refractivity contribution in [1.29, 1.82) is 0 Å². The van der Waals surface area contributed by atoms with E-state index in [1.165, 1.54) is 0 Å². The average molecular weight is 295 g/mol. The number of halogens is 1. The SMILES string of the molecule is Cc1nc2c(n1C)C(O)=C1N=C(CCl)NC(=O)C1C2=O. The lowest BCUT2D eigenvalue weighted by atomic mass is 9.88. The molecule has 8 heteroatoms. The van der Waals surface area contributed by atoms with Crippen molar-refractivity contribution in [1.82, 2.24) is 14.9 Å². The summed E-state index contributed by atoms with van der Waals surface area (Å²) in [5.41, 5.74) is 0.409. The zero-order chi connectivity index (χ0) is 14.6. The number of aliphatic imine (C=N–C) groups is 1. The maximum absolute atomic E-state index is 12.4. The number of imidazole rings is 1. The zero-order valence-corrected chi connectivity index (χ0v) is 11.5. The third-order valence-corrected chi connectivity index (χ3v) is 3.72. The second kappa shape index (κ2) is 4.17. The standard InChI is InChI=1S/C12H11ClN4O3/c1-4-14-8-9(17(4)2)11(19)7-6(10(8)18)12(20)16-5(3-13)15-7/h6,19H,3H2,1-2H3,(H,15,16,20). The van der Waals surface area contributed by atoms with E-state index in [0.717, 1.165) is 0 Å². The van der Waals surface area contributed by atoms with E-state index < -0.39 is 17.6 Å². The normalized spacial score (nSPS) is 21.4. The second-order valence-corrected chi connectivity index (χ2v) is 4.89. The van der Waals surface area contributed by atoms with E-state index in [1.807, 2.05) is 0 Å². The van der Waals surface area contributed by atoms with Crippen molar-refractivity contribution < 1.29 is 14.7 Å². The molecule has 0 saturated carbocycles. The van der Waals surface area contributed by atoms with Gasteiger partial charge >= 0.3 is 0 Å². The Morgan fingerprint density at radius 1 is 1.45 bits per heavy atom. The van der Waals surface area contributed by atoms with E-state index in [-0.39, 0.29) is 34.6 Å². The molecule has 2 N–H and O–H groups in total. The van der Waals surface area contributed by atoms with Crippen LogP contribution in [0.4, 0.5) is 0 Å². The average Bonchev–Trinajstić information content (AvgIpc) is 2.72. The number of amides is 1. The van der Waals surface area contributed by atoms with Crippen LogP contribution in [0.3, 0.4) is 0 Å². The van der Waals surface area contributed by atoms with Gasteiger partial charge in [-0.15, -0.1) is 11.6 Å². The Bertz CT molecular complexity index is 717. The minimum absolute atomic E-state index is 0.0132. The lowest BCUT2D eigenvalue weighted by Gasteiger charge is -2.26. The van der Waals surface area contributed by atoms with Crippen molar-refractivity contribution in [2.24, 2.45) is 18.0 Å². The maximum atomic E-state index is 12.4. The minimum atomic E-state index is -1.16. The van der Waals surface area contributed by atoms with Gasteiger partial charge in [-0.2, -0.15) is 0 Å². The number of nitrogens with one attached hydrogen (secondary N) is 1. The summed E-state index contributed by atoms with van der Waals surface area (Å²) in [5.74, 6) is -1.61. The van der Waals surface area contributed by atoms with E-state index in [2.05, 4.69) is 15.3 Å².